The number of ether oxygens (including phenoxy) is 1. The number of benzene rings is 2. The zero-order valence-electron chi connectivity index (χ0n) is 14.9. The van der Waals surface area contributed by atoms with Gasteiger partial charge in [0.2, 0.25) is 0 Å². The molecule has 0 aliphatic rings. The summed E-state index contributed by atoms with van der Waals surface area (Å²) in [4.78, 5) is 38.2. The second-order valence-corrected chi connectivity index (χ2v) is 5.67. The molecular weight excluding hydrogens is 376 g/mol. The van der Waals surface area contributed by atoms with Crippen molar-refractivity contribution in [2.45, 2.75) is 0 Å². The number of hydrogen-bond acceptors (Lipinski definition) is 7. The molecule has 0 aliphatic carbocycles. The second-order valence-electron chi connectivity index (χ2n) is 5.67. The molecule has 9 heteroatoms. The molecule has 2 aromatic carbocycles. The molecule has 0 unspecified atom stereocenters. The third kappa shape index (κ3) is 5.07. The quantitative estimate of drug-likeness (QED) is 0.227. The Morgan fingerprint density at radius 3 is 2.48 bits per heavy atom. The topological polar surface area (TPSA) is 124 Å². The van der Waals surface area contributed by atoms with E-state index in [1.165, 1.54) is 36.7 Å². The van der Waals surface area contributed by atoms with Gasteiger partial charge in [-0.25, -0.2) is 10.2 Å². The van der Waals surface area contributed by atoms with Crippen LogP contribution in [0.25, 0.3) is 0 Å². The first kappa shape index (κ1) is 19.4. The lowest BCUT2D eigenvalue weighted by Gasteiger charge is -2.07. The van der Waals surface area contributed by atoms with Crippen LogP contribution in [-0.4, -0.2) is 28.0 Å². The van der Waals surface area contributed by atoms with Gasteiger partial charge in [-0.3, -0.25) is 19.9 Å². The molecule has 0 fully saturated rings. The standard InChI is InChI=1S/C20H14N4O5/c25-19(14-7-9-17(10-8-14)24(27)28)23-22-13-15-4-1-2-6-18(15)29-20(26)16-5-3-11-21-12-16/h1-13H,(H,23,25)/b22-13+. The van der Waals surface area contributed by atoms with Crippen LogP contribution in [0.3, 0.4) is 0 Å². The van der Waals surface area contributed by atoms with E-state index >= 15 is 0 Å². The molecular formula is C20H14N4O5. The molecule has 29 heavy (non-hydrogen) atoms. The van der Waals surface area contributed by atoms with Crippen molar-refractivity contribution in [1.29, 1.82) is 0 Å². The summed E-state index contributed by atoms with van der Waals surface area (Å²) in [6.07, 6.45) is 4.27. The van der Waals surface area contributed by atoms with Crippen LogP contribution in [0, 0.1) is 10.1 Å². The SMILES string of the molecule is O=C(N/N=C/c1ccccc1OC(=O)c1cccnc1)c1ccc([N+](=O)[O-])cc1. The number of pyridine rings is 1. The molecule has 0 saturated carbocycles. The fourth-order valence-electron chi connectivity index (χ4n) is 2.28. The Kier molecular flexibility index (Phi) is 6.01. The highest BCUT2D eigenvalue weighted by Crippen LogP contribution is 2.17. The van der Waals surface area contributed by atoms with Gasteiger partial charge in [-0.2, -0.15) is 5.10 Å². The van der Waals surface area contributed by atoms with E-state index in [2.05, 4.69) is 15.5 Å². The molecule has 0 radical (unpaired) electrons. The van der Waals surface area contributed by atoms with E-state index in [1.807, 2.05) is 0 Å². The highest BCUT2D eigenvalue weighted by atomic mass is 16.6. The van der Waals surface area contributed by atoms with Crippen molar-refractivity contribution in [1.82, 2.24) is 10.4 Å². The van der Waals surface area contributed by atoms with Gasteiger partial charge in [0.1, 0.15) is 5.75 Å². The summed E-state index contributed by atoms with van der Waals surface area (Å²) in [5.74, 6) is -0.857. The summed E-state index contributed by atoms with van der Waals surface area (Å²) in [5.41, 5.74) is 3.18. The molecule has 0 atom stereocenters. The number of nitrogens with zero attached hydrogens (tertiary/aromatic N) is 3. The minimum atomic E-state index is -0.575. The number of nitrogens with one attached hydrogen (secondary N) is 1. The number of hydrazone groups is 1. The summed E-state index contributed by atoms with van der Waals surface area (Å²) >= 11 is 0. The molecule has 1 heterocycles. The van der Waals surface area contributed by atoms with E-state index in [-0.39, 0.29) is 17.0 Å². The van der Waals surface area contributed by atoms with Gasteiger partial charge in [-0.15, -0.1) is 0 Å². The van der Waals surface area contributed by atoms with Gasteiger partial charge in [-0.1, -0.05) is 12.1 Å². The van der Waals surface area contributed by atoms with E-state index < -0.39 is 16.8 Å². The molecule has 1 aromatic heterocycles. The molecule has 1 amide bonds. The molecule has 0 spiro atoms. The third-order valence-corrected chi connectivity index (χ3v) is 3.73. The average molecular weight is 390 g/mol. The zero-order valence-corrected chi connectivity index (χ0v) is 14.9. The van der Waals surface area contributed by atoms with Gasteiger partial charge in [0.15, 0.2) is 0 Å². The van der Waals surface area contributed by atoms with Crippen molar-refractivity contribution in [3.05, 3.63) is 99.9 Å². The number of para-hydroxylation sites is 1. The van der Waals surface area contributed by atoms with Crippen molar-refractivity contribution >= 4 is 23.8 Å². The van der Waals surface area contributed by atoms with E-state index in [4.69, 9.17) is 4.74 Å². The van der Waals surface area contributed by atoms with Crippen molar-refractivity contribution in [2.75, 3.05) is 0 Å². The summed E-state index contributed by atoms with van der Waals surface area (Å²) in [6.45, 7) is 0. The minimum absolute atomic E-state index is 0.116. The van der Waals surface area contributed by atoms with Gasteiger partial charge in [0.25, 0.3) is 11.6 Å². The van der Waals surface area contributed by atoms with Crippen LogP contribution in [0.15, 0.2) is 78.2 Å². The van der Waals surface area contributed by atoms with Crippen LogP contribution in [-0.2, 0) is 0 Å². The fraction of sp³-hybridized carbons (Fsp3) is 0. The molecule has 3 rings (SSSR count). The number of nitro groups is 1. The number of hydrogen-bond donors (Lipinski definition) is 1. The number of amides is 1. The minimum Gasteiger partial charge on any atom is -0.422 e. The Balaban J connectivity index is 1.67. The maximum absolute atomic E-state index is 12.2. The Bertz CT molecular complexity index is 1070. The summed E-state index contributed by atoms with van der Waals surface area (Å²) in [6, 6.07) is 15.0. The molecule has 0 saturated heterocycles. The Morgan fingerprint density at radius 2 is 1.79 bits per heavy atom. The van der Waals surface area contributed by atoms with Crippen LogP contribution >= 0.6 is 0 Å². The number of esters is 1. The molecule has 3 aromatic rings. The predicted molar refractivity (Wildman–Crippen MR) is 104 cm³/mol. The van der Waals surface area contributed by atoms with Crippen molar-refractivity contribution < 1.29 is 19.2 Å². The van der Waals surface area contributed by atoms with E-state index in [1.54, 1.807) is 42.6 Å². The van der Waals surface area contributed by atoms with Crippen LogP contribution in [0.5, 0.6) is 5.75 Å². The van der Waals surface area contributed by atoms with Crippen molar-refractivity contribution in [3.8, 4) is 5.75 Å². The van der Waals surface area contributed by atoms with Gasteiger partial charge < -0.3 is 4.74 Å². The summed E-state index contributed by atoms with van der Waals surface area (Å²) in [7, 11) is 0. The molecule has 1 N–H and O–H groups in total. The third-order valence-electron chi connectivity index (χ3n) is 3.73. The van der Waals surface area contributed by atoms with E-state index in [9.17, 15) is 19.7 Å². The lowest BCUT2D eigenvalue weighted by Crippen LogP contribution is -2.17. The first-order chi connectivity index (χ1) is 14.0. The Hall–Kier alpha value is -4.40. The monoisotopic (exact) mass is 390 g/mol. The van der Waals surface area contributed by atoms with Crippen LogP contribution < -0.4 is 10.2 Å². The first-order valence-corrected chi connectivity index (χ1v) is 8.33. The fourth-order valence-corrected chi connectivity index (χ4v) is 2.28. The van der Waals surface area contributed by atoms with Crippen molar-refractivity contribution in [3.63, 3.8) is 0 Å². The van der Waals surface area contributed by atoms with Gasteiger partial charge in [0, 0.05) is 35.7 Å². The maximum Gasteiger partial charge on any atom is 0.345 e. The first-order valence-electron chi connectivity index (χ1n) is 8.33. The number of carbonyl (C=O) groups is 2. The smallest absolute Gasteiger partial charge is 0.345 e. The predicted octanol–water partition coefficient (Wildman–Crippen LogP) is 2.97. The van der Waals surface area contributed by atoms with Gasteiger partial charge in [0.05, 0.1) is 16.7 Å². The number of aromatic nitrogens is 1. The maximum atomic E-state index is 12.2. The van der Waals surface area contributed by atoms with E-state index in [0.29, 0.717) is 11.1 Å². The summed E-state index contributed by atoms with van der Waals surface area (Å²) in [5, 5.41) is 14.5. The van der Waals surface area contributed by atoms with Crippen molar-refractivity contribution in [2.24, 2.45) is 5.10 Å². The van der Waals surface area contributed by atoms with Gasteiger partial charge >= 0.3 is 5.97 Å². The lowest BCUT2D eigenvalue weighted by molar-refractivity contribution is -0.384. The van der Waals surface area contributed by atoms with Gasteiger partial charge in [-0.05, 0) is 36.4 Å². The highest BCUT2D eigenvalue weighted by Gasteiger charge is 2.11. The summed E-state index contributed by atoms with van der Waals surface area (Å²) < 4.78 is 5.36. The molecule has 9 nitrogen and oxygen atoms in total. The number of rotatable bonds is 6. The van der Waals surface area contributed by atoms with E-state index in [0.717, 1.165) is 0 Å². The molecule has 0 aliphatic heterocycles. The normalized spacial score (nSPS) is 10.5. The Morgan fingerprint density at radius 1 is 1.03 bits per heavy atom. The number of nitro benzene ring substituents is 1. The molecule has 144 valence electrons. The number of carbonyl (C=O) groups excluding carboxylic acids is 2. The number of non-ortho nitro benzene ring substituents is 1. The lowest BCUT2D eigenvalue weighted by atomic mass is 10.2. The Labute approximate surface area is 164 Å². The van der Waals surface area contributed by atoms with Crippen LogP contribution in [0.1, 0.15) is 26.3 Å². The molecule has 0 bridgehead atoms. The van der Waals surface area contributed by atoms with Crippen LogP contribution in [0.4, 0.5) is 5.69 Å². The highest BCUT2D eigenvalue weighted by molar-refractivity contribution is 5.96. The average Bonchev–Trinajstić information content (AvgIpc) is 2.75. The van der Waals surface area contributed by atoms with Crippen LogP contribution in [0.2, 0.25) is 0 Å². The largest absolute Gasteiger partial charge is 0.422 e. The second kappa shape index (κ2) is 9.00. The zero-order chi connectivity index (χ0) is 20.6.